The van der Waals surface area contributed by atoms with E-state index in [9.17, 15) is 19.4 Å². The summed E-state index contributed by atoms with van der Waals surface area (Å²) in [4.78, 5) is 25.1. The average Bonchev–Trinajstić information content (AvgIpc) is 3.02. The summed E-state index contributed by atoms with van der Waals surface area (Å²) < 4.78 is 23.0. The van der Waals surface area contributed by atoms with Gasteiger partial charge >= 0.3 is 0 Å². The lowest BCUT2D eigenvalue weighted by molar-refractivity contribution is -0.870. The summed E-state index contributed by atoms with van der Waals surface area (Å²) in [6.45, 7) is 4.52. The molecule has 0 heterocycles. The molecule has 0 radical (unpaired) electrons. The highest BCUT2D eigenvalue weighted by Gasteiger charge is 2.23. The van der Waals surface area contributed by atoms with Crippen molar-refractivity contribution in [3.05, 3.63) is 48.6 Å². The monoisotopic (exact) mass is 697 g/mol. The topological polar surface area (TPSA) is 108 Å². The third kappa shape index (κ3) is 33.0. The lowest BCUT2D eigenvalue weighted by Crippen LogP contribution is -2.45. The first-order valence-corrected chi connectivity index (χ1v) is 20.5. The van der Waals surface area contributed by atoms with Gasteiger partial charge in [0.25, 0.3) is 7.82 Å². The minimum atomic E-state index is -4.60. The van der Waals surface area contributed by atoms with Gasteiger partial charge in [0.15, 0.2) is 0 Å². The van der Waals surface area contributed by atoms with Crippen LogP contribution in [0, 0.1) is 0 Å². The normalized spacial score (nSPS) is 15.2. The summed E-state index contributed by atoms with van der Waals surface area (Å²) in [5.41, 5.74) is 0. The minimum absolute atomic E-state index is 0.0171. The summed E-state index contributed by atoms with van der Waals surface area (Å²) in [5.74, 6) is -0.278. The third-order valence-corrected chi connectivity index (χ3v) is 8.99. The van der Waals surface area contributed by atoms with Gasteiger partial charge in [-0.05, 0) is 51.4 Å². The lowest BCUT2D eigenvalue weighted by atomic mass is 10.1. The number of hydrogen-bond acceptors (Lipinski definition) is 6. The largest absolute Gasteiger partial charge is 0.756 e. The number of phosphoric ester groups is 1. The fourth-order valence-electron chi connectivity index (χ4n) is 4.92. The first-order chi connectivity index (χ1) is 23.0. The van der Waals surface area contributed by atoms with Crippen LogP contribution >= 0.6 is 7.82 Å². The van der Waals surface area contributed by atoms with Crippen LogP contribution in [0.15, 0.2) is 48.6 Å². The lowest BCUT2D eigenvalue weighted by Gasteiger charge is -2.29. The Kier molecular flexibility index (Phi) is 30.4. The molecular formula is C39H73N2O6P. The molecule has 1 amide bonds. The van der Waals surface area contributed by atoms with Gasteiger partial charge in [-0.2, -0.15) is 0 Å². The second-order valence-corrected chi connectivity index (χ2v) is 15.3. The number of aliphatic hydroxyl groups excluding tert-OH is 1. The standard InChI is InChI=1S/C39H73N2O6P/c1-6-8-10-12-14-16-18-20-22-24-26-28-30-32-38(42)37(36-47-48(44,45)46-35-34-41(3,4)5)40-39(43)33-31-29-27-25-23-21-19-17-15-13-11-9-7-2/h21-24,27,29-30,32,37-38,42H,6-20,25-26,28,31,33-36H2,1-5H3,(H-,40,43,44,45)/b23-21-,24-22+,29-27-,32-30+. The minimum Gasteiger partial charge on any atom is -0.756 e. The van der Waals surface area contributed by atoms with Crippen molar-refractivity contribution >= 4 is 13.7 Å². The second kappa shape index (κ2) is 31.4. The van der Waals surface area contributed by atoms with Gasteiger partial charge < -0.3 is 28.8 Å². The molecule has 280 valence electrons. The molecule has 0 aliphatic rings. The number of amides is 1. The fraction of sp³-hybridized carbons (Fsp3) is 0.769. The molecule has 0 saturated heterocycles. The number of rotatable bonds is 33. The summed E-state index contributed by atoms with van der Waals surface area (Å²) in [6.07, 6.45) is 37.4. The van der Waals surface area contributed by atoms with Crippen LogP contribution in [-0.2, 0) is 18.4 Å². The summed E-state index contributed by atoms with van der Waals surface area (Å²) in [7, 11) is 1.20. The number of allylic oxidation sites excluding steroid dienone is 7. The molecule has 0 bridgehead atoms. The van der Waals surface area contributed by atoms with Gasteiger partial charge in [0, 0.05) is 6.42 Å². The number of carbonyl (C=O) groups excluding carboxylic acids is 1. The van der Waals surface area contributed by atoms with Gasteiger partial charge in [0.1, 0.15) is 13.2 Å². The maximum atomic E-state index is 12.7. The number of phosphoric acid groups is 1. The molecule has 9 heteroatoms. The molecule has 3 atom stereocenters. The predicted molar refractivity (Wildman–Crippen MR) is 201 cm³/mol. The Morgan fingerprint density at radius 3 is 1.81 bits per heavy atom. The molecule has 0 aromatic carbocycles. The molecule has 0 aromatic heterocycles. The van der Waals surface area contributed by atoms with E-state index in [2.05, 4.69) is 43.5 Å². The smallest absolute Gasteiger partial charge is 0.268 e. The molecule has 48 heavy (non-hydrogen) atoms. The van der Waals surface area contributed by atoms with E-state index >= 15 is 0 Å². The van der Waals surface area contributed by atoms with Gasteiger partial charge in [0.05, 0.1) is 39.9 Å². The molecule has 3 unspecified atom stereocenters. The first-order valence-electron chi connectivity index (χ1n) is 19.0. The maximum absolute atomic E-state index is 12.7. The van der Waals surface area contributed by atoms with Crippen LogP contribution < -0.4 is 10.2 Å². The van der Waals surface area contributed by atoms with Crippen LogP contribution in [0.2, 0.25) is 0 Å². The zero-order chi connectivity index (χ0) is 35.8. The first kappa shape index (κ1) is 46.5. The maximum Gasteiger partial charge on any atom is 0.268 e. The molecule has 0 rings (SSSR count). The number of quaternary nitrogens is 1. The van der Waals surface area contributed by atoms with Crippen molar-refractivity contribution in [3.63, 3.8) is 0 Å². The average molecular weight is 697 g/mol. The Hall–Kier alpha value is -1.54. The van der Waals surface area contributed by atoms with E-state index in [0.717, 1.165) is 32.1 Å². The quantitative estimate of drug-likeness (QED) is 0.0307. The van der Waals surface area contributed by atoms with E-state index in [1.54, 1.807) is 6.08 Å². The van der Waals surface area contributed by atoms with Crippen LogP contribution in [0.25, 0.3) is 0 Å². The Morgan fingerprint density at radius 2 is 1.23 bits per heavy atom. The van der Waals surface area contributed by atoms with Gasteiger partial charge in [0.2, 0.25) is 5.91 Å². The molecule has 0 saturated carbocycles. The highest BCUT2D eigenvalue weighted by molar-refractivity contribution is 7.45. The van der Waals surface area contributed by atoms with Gasteiger partial charge in [-0.3, -0.25) is 9.36 Å². The van der Waals surface area contributed by atoms with Crippen LogP contribution in [0.1, 0.15) is 142 Å². The van der Waals surface area contributed by atoms with Gasteiger partial charge in [-0.15, -0.1) is 0 Å². The zero-order valence-electron chi connectivity index (χ0n) is 31.4. The summed E-state index contributed by atoms with van der Waals surface area (Å²) in [6, 6.07) is -0.931. The zero-order valence-corrected chi connectivity index (χ0v) is 32.3. The van der Waals surface area contributed by atoms with E-state index in [1.165, 1.54) is 83.5 Å². The molecule has 2 N–H and O–H groups in total. The van der Waals surface area contributed by atoms with E-state index in [4.69, 9.17) is 9.05 Å². The Bertz CT molecular complexity index is 928. The molecule has 0 fully saturated rings. The van der Waals surface area contributed by atoms with E-state index in [-0.39, 0.29) is 18.9 Å². The number of unbranched alkanes of at least 4 members (excludes halogenated alkanes) is 14. The number of hydrogen-bond donors (Lipinski definition) is 2. The van der Waals surface area contributed by atoms with Crippen LogP contribution in [0.4, 0.5) is 0 Å². The highest BCUT2D eigenvalue weighted by atomic mass is 31.2. The summed E-state index contributed by atoms with van der Waals surface area (Å²) >= 11 is 0. The molecule has 8 nitrogen and oxygen atoms in total. The number of likely N-dealkylation sites (N-methyl/N-ethyl adjacent to an activating group) is 1. The third-order valence-electron chi connectivity index (χ3n) is 8.02. The molecule has 0 aliphatic heterocycles. The Morgan fingerprint density at radius 1 is 0.729 bits per heavy atom. The van der Waals surface area contributed by atoms with Crippen molar-refractivity contribution in [2.45, 2.75) is 154 Å². The molecular weight excluding hydrogens is 623 g/mol. The highest BCUT2D eigenvalue weighted by Crippen LogP contribution is 2.38. The van der Waals surface area contributed by atoms with Crippen molar-refractivity contribution in [3.8, 4) is 0 Å². The van der Waals surface area contributed by atoms with Gasteiger partial charge in [-0.1, -0.05) is 133 Å². The predicted octanol–water partition coefficient (Wildman–Crippen LogP) is 9.11. The SMILES string of the molecule is CCCCCCCC/C=C\C/C=C\CCC(=O)NC(COP(=O)([O-])OCC[N+](C)(C)C)C(O)/C=C/CC/C=C/CCCCCCCCC. The van der Waals surface area contributed by atoms with Crippen molar-refractivity contribution in [2.24, 2.45) is 0 Å². The molecule has 0 aromatic rings. The fourth-order valence-corrected chi connectivity index (χ4v) is 5.64. The number of nitrogens with one attached hydrogen (secondary N) is 1. The van der Waals surface area contributed by atoms with Crippen LogP contribution in [0.5, 0.6) is 0 Å². The van der Waals surface area contributed by atoms with Crippen LogP contribution in [-0.4, -0.2) is 68.5 Å². The molecule has 0 aliphatic carbocycles. The number of carbonyl (C=O) groups is 1. The van der Waals surface area contributed by atoms with E-state index in [1.807, 2.05) is 39.4 Å². The van der Waals surface area contributed by atoms with Crippen molar-refractivity contribution in [1.29, 1.82) is 0 Å². The number of aliphatic hydroxyl groups is 1. The number of nitrogens with zero attached hydrogens (tertiary/aromatic N) is 1. The van der Waals surface area contributed by atoms with Crippen molar-refractivity contribution in [2.75, 3.05) is 40.9 Å². The van der Waals surface area contributed by atoms with E-state index in [0.29, 0.717) is 17.4 Å². The van der Waals surface area contributed by atoms with E-state index < -0.39 is 26.6 Å². The van der Waals surface area contributed by atoms with Crippen molar-refractivity contribution in [1.82, 2.24) is 5.32 Å². The second-order valence-electron chi connectivity index (χ2n) is 13.9. The van der Waals surface area contributed by atoms with Crippen molar-refractivity contribution < 1.29 is 32.9 Å². The Labute approximate surface area is 295 Å². The Balaban J connectivity index is 4.71. The van der Waals surface area contributed by atoms with Gasteiger partial charge in [-0.25, -0.2) is 0 Å². The van der Waals surface area contributed by atoms with Crippen LogP contribution in [0.3, 0.4) is 0 Å². The summed E-state index contributed by atoms with van der Waals surface area (Å²) in [5, 5.41) is 13.6. The molecule has 0 spiro atoms.